The molecule has 0 fully saturated rings. The molecular formula is C25H29N3O. The lowest BCUT2D eigenvalue weighted by Crippen LogP contribution is -2.00. The molecule has 0 saturated heterocycles. The summed E-state index contributed by atoms with van der Waals surface area (Å²) in [6.45, 7) is 7.09. The van der Waals surface area contributed by atoms with Gasteiger partial charge in [0.05, 0.1) is 12.8 Å². The average molecular weight is 388 g/mol. The molecule has 0 bridgehead atoms. The molecule has 4 heteroatoms. The largest absolute Gasteiger partial charge is 0.494 e. The predicted octanol–water partition coefficient (Wildman–Crippen LogP) is 5.60. The summed E-state index contributed by atoms with van der Waals surface area (Å²) < 4.78 is 5.59. The lowest BCUT2D eigenvalue weighted by atomic mass is 9.95. The van der Waals surface area contributed by atoms with Gasteiger partial charge in [-0.15, -0.1) is 0 Å². The van der Waals surface area contributed by atoms with E-state index in [-0.39, 0.29) is 0 Å². The van der Waals surface area contributed by atoms with E-state index in [0.717, 1.165) is 48.2 Å². The van der Waals surface area contributed by atoms with Crippen LogP contribution in [0.15, 0.2) is 36.4 Å². The van der Waals surface area contributed by atoms with E-state index in [0.29, 0.717) is 0 Å². The van der Waals surface area contributed by atoms with Gasteiger partial charge in [0, 0.05) is 27.5 Å². The maximum atomic E-state index is 5.77. The molecule has 150 valence electrons. The van der Waals surface area contributed by atoms with Gasteiger partial charge in [-0.1, -0.05) is 12.1 Å². The Labute approximate surface area is 172 Å². The van der Waals surface area contributed by atoms with Gasteiger partial charge >= 0.3 is 0 Å². The summed E-state index contributed by atoms with van der Waals surface area (Å²) in [4.78, 5) is 8.50. The van der Waals surface area contributed by atoms with Crippen LogP contribution in [0.25, 0.3) is 33.1 Å². The zero-order valence-corrected chi connectivity index (χ0v) is 17.7. The van der Waals surface area contributed by atoms with Gasteiger partial charge in [-0.25, -0.2) is 4.98 Å². The Balaban J connectivity index is 2.00. The Bertz CT molecular complexity index is 1190. The van der Waals surface area contributed by atoms with Crippen LogP contribution in [0.2, 0.25) is 0 Å². The third-order valence-corrected chi connectivity index (χ3v) is 5.67. The van der Waals surface area contributed by atoms with Gasteiger partial charge in [-0.05, 0) is 87.5 Å². The summed E-state index contributed by atoms with van der Waals surface area (Å²) in [7, 11) is 1.70. The first-order chi connectivity index (χ1) is 14.0. The Morgan fingerprint density at radius 1 is 1.03 bits per heavy atom. The summed E-state index contributed by atoms with van der Waals surface area (Å²) in [6.07, 6.45) is 3.11. The third kappa shape index (κ3) is 3.49. The van der Waals surface area contributed by atoms with Crippen molar-refractivity contribution in [3.63, 3.8) is 0 Å². The lowest BCUT2D eigenvalue weighted by molar-refractivity contribution is 0.419. The number of hydrogen-bond acceptors (Lipinski definition) is 3. The molecule has 2 aromatic heterocycles. The van der Waals surface area contributed by atoms with Crippen molar-refractivity contribution in [3.8, 4) is 17.0 Å². The Kier molecular flexibility index (Phi) is 5.29. The molecule has 0 aliphatic rings. The van der Waals surface area contributed by atoms with E-state index in [2.05, 4.69) is 49.2 Å². The van der Waals surface area contributed by atoms with Crippen molar-refractivity contribution in [2.75, 3.05) is 13.7 Å². The highest BCUT2D eigenvalue weighted by Crippen LogP contribution is 2.39. The molecular weight excluding hydrogens is 358 g/mol. The molecule has 4 rings (SSSR count). The minimum absolute atomic E-state index is 0.727. The Morgan fingerprint density at radius 2 is 1.86 bits per heavy atom. The van der Waals surface area contributed by atoms with Crippen molar-refractivity contribution >= 4 is 21.8 Å². The number of nitrogens with one attached hydrogen (secondary N) is 1. The van der Waals surface area contributed by atoms with E-state index in [1.54, 1.807) is 7.11 Å². The molecule has 2 heterocycles. The third-order valence-electron chi connectivity index (χ3n) is 5.67. The van der Waals surface area contributed by atoms with E-state index in [9.17, 15) is 0 Å². The van der Waals surface area contributed by atoms with Gasteiger partial charge in [0.25, 0.3) is 0 Å². The van der Waals surface area contributed by atoms with Gasteiger partial charge in [0.1, 0.15) is 11.3 Å². The number of rotatable bonds is 6. The summed E-state index contributed by atoms with van der Waals surface area (Å²) in [5, 5.41) is 2.45. The topological polar surface area (TPSA) is 63.9 Å². The SMILES string of the molecule is COc1ccc(-c2[nH]c3cc(C)cc(C)c3c2CCCCN)c2ccc(C)nc12. The number of H-pyrrole nitrogens is 1. The van der Waals surface area contributed by atoms with E-state index in [4.69, 9.17) is 15.5 Å². The number of nitrogens with two attached hydrogens (primary N) is 1. The van der Waals surface area contributed by atoms with Crippen molar-refractivity contribution in [2.45, 2.75) is 40.0 Å². The number of aromatic nitrogens is 2. The number of nitrogens with zero attached hydrogens (tertiary/aromatic N) is 1. The van der Waals surface area contributed by atoms with E-state index in [1.165, 1.54) is 38.9 Å². The molecule has 0 atom stereocenters. The smallest absolute Gasteiger partial charge is 0.145 e. The van der Waals surface area contributed by atoms with E-state index >= 15 is 0 Å². The summed E-state index contributed by atoms with van der Waals surface area (Å²) in [5.74, 6) is 0.806. The normalized spacial score (nSPS) is 11.5. The van der Waals surface area contributed by atoms with Crippen molar-refractivity contribution in [2.24, 2.45) is 5.73 Å². The number of methoxy groups -OCH3 is 1. The molecule has 0 amide bonds. The molecule has 2 aromatic carbocycles. The molecule has 0 unspecified atom stereocenters. The van der Waals surface area contributed by atoms with Gasteiger partial charge in [0.2, 0.25) is 0 Å². The summed E-state index contributed by atoms with van der Waals surface area (Å²) in [6, 6.07) is 12.9. The number of pyridine rings is 1. The average Bonchev–Trinajstić information content (AvgIpc) is 3.05. The molecule has 0 radical (unpaired) electrons. The fourth-order valence-electron chi connectivity index (χ4n) is 4.40. The standard InChI is InChI=1S/C25H29N3O/c1-15-13-16(2)23-20(7-5-6-12-26)24(28-21(23)14-15)18-10-11-22(29-4)25-19(18)9-8-17(3)27-25/h8-11,13-14,28H,5-7,12,26H2,1-4H3. The molecule has 4 aromatic rings. The number of unbranched alkanes of at least 4 members (excludes halogenated alkanes) is 1. The van der Waals surface area contributed by atoms with Crippen molar-refractivity contribution < 1.29 is 4.74 Å². The summed E-state index contributed by atoms with van der Waals surface area (Å²) >= 11 is 0. The molecule has 4 nitrogen and oxygen atoms in total. The number of hydrogen-bond donors (Lipinski definition) is 2. The van der Waals surface area contributed by atoms with Crippen LogP contribution in [-0.4, -0.2) is 23.6 Å². The quantitative estimate of drug-likeness (QED) is 0.423. The van der Waals surface area contributed by atoms with E-state index in [1.807, 2.05) is 13.0 Å². The summed E-state index contributed by atoms with van der Waals surface area (Å²) in [5.41, 5.74) is 15.2. The zero-order valence-electron chi connectivity index (χ0n) is 17.7. The van der Waals surface area contributed by atoms with Crippen LogP contribution in [0.3, 0.4) is 0 Å². The maximum absolute atomic E-state index is 5.77. The number of benzene rings is 2. The van der Waals surface area contributed by atoms with Crippen LogP contribution in [0.1, 0.15) is 35.2 Å². The fourth-order valence-corrected chi connectivity index (χ4v) is 4.40. The van der Waals surface area contributed by atoms with Crippen molar-refractivity contribution in [3.05, 3.63) is 58.8 Å². The van der Waals surface area contributed by atoms with Gasteiger partial charge in [0.15, 0.2) is 0 Å². The highest BCUT2D eigenvalue weighted by molar-refractivity contribution is 6.02. The highest BCUT2D eigenvalue weighted by atomic mass is 16.5. The van der Waals surface area contributed by atoms with Crippen LogP contribution in [0.5, 0.6) is 5.75 Å². The van der Waals surface area contributed by atoms with Gasteiger partial charge in [-0.2, -0.15) is 0 Å². The molecule has 0 spiro atoms. The van der Waals surface area contributed by atoms with Crippen molar-refractivity contribution in [1.29, 1.82) is 0 Å². The minimum Gasteiger partial charge on any atom is -0.494 e. The maximum Gasteiger partial charge on any atom is 0.145 e. The van der Waals surface area contributed by atoms with Crippen LogP contribution >= 0.6 is 0 Å². The number of fused-ring (bicyclic) bond motifs is 2. The monoisotopic (exact) mass is 387 g/mol. The fraction of sp³-hybridized carbons (Fsp3) is 0.320. The second-order valence-corrected chi connectivity index (χ2v) is 7.89. The van der Waals surface area contributed by atoms with Crippen LogP contribution in [0.4, 0.5) is 0 Å². The van der Waals surface area contributed by atoms with Crippen LogP contribution < -0.4 is 10.5 Å². The second kappa shape index (κ2) is 7.88. The molecule has 0 saturated carbocycles. The van der Waals surface area contributed by atoms with Gasteiger partial charge < -0.3 is 15.5 Å². The Morgan fingerprint density at radius 3 is 2.62 bits per heavy atom. The predicted molar refractivity (Wildman–Crippen MR) is 122 cm³/mol. The highest BCUT2D eigenvalue weighted by Gasteiger charge is 2.18. The number of ether oxygens (including phenoxy) is 1. The Hall–Kier alpha value is -2.85. The van der Waals surface area contributed by atoms with E-state index < -0.39 is 0 Å². The second-order valence-electron chi connectivity index (χ2n) is 7.89. The van der Waals surface area contributed by atoms with Gasteiger partial charge in [-0.3, -0.25) is 0 Å². The zero-order chi connectivity index (χ0) is 20.5. The van der Waals surface area contributed by atoms with Crippen LogP contribution in [-0.2, 0) is 6.42 Å². The lowest BCUT2D eigenvalue weighted by Gasteiger charge is -2.12. The molecule has 3 N–H and O–H groups in total. The molecule has 0 aliphatic carbocycles. The first-order valence-corrected chi connectivity index (χ1v) is 10.3. The first kappa shape index (κ1) is 19.5. The minimum atomic E-state index is 0.727. The van der Waals surface area contributed by atoms with Crippen molar-refractivity contribution in [1.82, 2.24) is 9.97 Å². The number of aromatic amines is 1. The van der Waals surface area contributed by atoms with Crippen LogP contribution in [0, 0.1) is 20.8 Å². The molecule has 29 heavy (non-hydrogen) atoms. The first-order valence-electron chi connectivity index (χ1n) is 10.3. The number of aryl methyl sites for hydroxylation is 4. The molecule has 0 aliphatic heterocycles.